The standard InChI is InChI=1S/C12H19NOS2/c1-4-9-5-6-10(16-9)7-13-12(14)11(15)8(2)3/h5-6,8,11,15H,4,7H2,1-3H3,(H,13,14). The number of thiophene rings is 1. The summed E-state index contributed by atoms with van der Waals surface area (Å²) in [5.74, 6) is 0.280. The fourth-order valence-electron chi connectivity index (χ4n) is 1.29. The minimum absolute atomic E-state index is 0.0183. The molecule has 16 heavy (non-hydrogen) atoms. The number of carbonyl (C=O) groups excluding carboxylic acids is 1. The number of thiol groups is 1. The van der Waals surface area contributed by atoms with Crippen molar-refractivity contribution in [1.82, 2.24) is 5.32 Å². The third-order valence-electron chi connectivity index (χ3n) is 2.40. The molecule has 1 amide bonds. The smallest absolute Gasteiger partial charge is 0.233 e. The summed E-state index contributed by atoms with van der Waals surface area (Å²) >= 11 is 6.04. The van der Waals surface area contributed by atoms with E-state index in [4.69, 9.17) is 0 Å². The van der Waals surface area contributed by atoms with Crippen molar-refractivity contribution in [3.05, 3.63) is 21.9 Å². The summed E-state index contributed by atoms with van der Waals surface area (Å²) in [6.45, 7) is 6.75. The van der Waals surface area contributed by atoms with Gasteiger partial charge in [0, 0.05) is 9.75 Å². The van der Waals surface area contributed by atoms with Crippen LogP contribution in [0, 0.1) is 5.92 Å². The molecule has 0 aromatic carbocycles. The van der Waals surface area contributed by atoms with Gasteiger partial charge in [0.15, 0.2) is 0 Å². The molecule has 1 heterocycles. The zero-order valence-electron chi connectivity index (χ0n) is 9.99. The largest absolute Gasteiger partial charge is 0.350 e. The van der Waals surface area contributed by atoms with Crippen LogP contribution in [0.25, 0.3) is 0 Å². The van der Waals surface area contributed by atoms with Crippen LogP contribution >= 0.6 is 24.0 Å². The van der Waals surface area contributed by atoms with Crippen LogP contribution in [0.1, 0.15) is 30.5 Å². The predicted molar refractivity (Wildman–Crippen MR) is 73.2 cm³/mol. The Morgan fingerprint density at radius 3 is 2.56 bits per heavy atom. The normalized spacial score (nSPS) is 12.8. The molecule has 0 saturated carbocycles. The molecule has 1 atom stereocenters. The van der Waals surface area contributed by atoms with Gasteiger partial charge >= 0.3 is 0 Å². The topological polar surface area (TPSA) is 29.1 Å². The Hall–Kier alpha value is -0.480. The molecule has 1 aromatic rings. The summed E-state index contributed by atoms with van der Waals surface area (Å²) < 4.78 is 0. The van der Waals surface area contributed by atoms with Gasteiger partial charge in [-0.15, -0.1) is 11.3 Å². The van der Waals surface area contributed by atoms with E-state index in [2.05, 4.69) is 37.0 Å². The SMILES string of the molecule is CCc1ccc(CNC(=O)C(S)C(C)C)s1. The van der Waals surface area contributed by atoms with E-state index in [1.165, 1.54) is 9.75 Å². The number of carbonyl (C=O) groups is 1. The number of amides is 1. The fourth-order valence-corrected chi connectivity index (χ4v) is 2.28. The summed E-state index contributed by atoms with van der Waals surface area (Å²) in [5, 5.41) is 2.70. The lowest BCUT2D eigenvalue weighted by Gasteiger charge is -2.13. The maximum atomic E-state index is 11.7. The monoisotopic (exact) mass is 257 g/mol. The van der Waals surface area contributed by atoms with E-state index in [1.807, 2.05) is 13.8 Å². The van der Waals surface area contributed by atoms with E-state index in [9.17, 15) is 4.79 Å². The predicted octanol–water partition coefficient (Wildman–Crippen LogP) is 2.88. The Labute approximate surface area is 107 Å². The maximum Gasteiger partial charge on any atom is 0.233 e. The molecule has 0 aliphatic carbocycles. The third-order valence-corrected chi connectivity index (χ3v) is 4.46. The molecule has 90 valence electrons. The third kappa shape index (κ3) is 3.83. The molecular weight excluding hydrogens is 238 g/mol. The number of hydrogen-bond donors (Lipinski definition) is 2. The molecule has 0 bridgehead atoms. The average molecular weight is 257 g/mol. The molecule has 0 saturated heterocycles. The molecule has 2 nitrogen and oxygen atoms in total. The molecule has 0 radical (unpaired) electrons. The number of hydrogen-bond acceptors (Lipinski definition) is 3. The van der Waals surface area contributed by atoms with Gasteiger partial charge in [-0.1, -0.05) is 20.8 Å². The first kappa shape index (κ1) is 13.6. The molecule has 0 spiro atoms. The highest BCUT2D eigenvalue weighted by atomic mass is 32.1. The molecule has 1 N–H and O–H groups in total. The van der Waals surface area contributed by atoms with E-state index in [0.717, 1.165) is 6.42 Å². The van der Waals surface area contributed by atoms with Crippen LogP contribution in [0.5, 0.6) is 0 Å². The van der Waals surface area contributed by atoms with Gasteiger partial charge in [0.2, 0.25) is 5.91 Å². The first-order valence-corrected chi connectivity index (χ1v) is 6.91. The molecule has 0 aliphatic heterocycles. The van der Waals surface area contributed by atoms with Gasteiger partial charge in [0.05, 0.1) is 11.8 Å². The first-order valence-electron chi connectivity index (χ1n) is 5.58. The van der Waals surface area contributed by atoms with Gasteiger partial charge in [0.25, 0.3) is 0 Å². The highest BCUT2D eigenvalue weighted by molar-refractivity contribution is 7.81. The molecule has 0 aliphatic rings. The number of rotatable bonds is 5. The lowest BCUT2D eigenvalue weighted by Crippen LogP contribution is -2.33. The molecule has 1 unspecified atom stereocenters. The van der Waals surface area contributed by atoms with Crippen LogP contribution < -0.4 is 5.32 Å². The quantitative estimate of drug-likeness (QED) is 0.780. The van der Waals surface area contributed by atoms with Crippen molar-refractivity contribution in [3.8, 4) is 0 Å². The van der Waals surface area contributed by atoms with Crippen LogP contribution in [-0.4, -0.2) is 11.2 Å². The zero-order chi connectivity index (χ0) is 12.1. The van der Waals surface area contributed by atoms with E-state index < -0.39 is 0 Å². The van der Waals surface area contributed by atoms with Crippen molar-refractivity contribution in [3.63, 3.8) is 0 Å². The highest BCUT2D eigenvalue weighted by Gasteiger charge is 2.17. The van der Waals surface area contributed by atoms with E-state index in [-0.39, 0.29) is 17.1 Å². The van der Waals surface area contributed by atoms with Crippen LogP contribution in [0.15, 0.2) is 12.1 Å². The Kier molecular flexibility index (Phi) is 5.35. The average Bonchev–Trinajstić information content (AvgIpc) is 2.72. The Morgan fingerprint density at radius 2 is 2.06 bits per heavy atom. The van der Waals surface area contributed by atoms with Crippen molar-refractivity contribution in [2.24, 2.45) is 5.92 Å². The van der Waals surface area contributed by atoms with Gasteiger partial charge in [-0.05, 0) is 24.5 Å². The van der Waals surface area contributed by atoms with E-state index in [0.29, 0.717) is 6.54 Å². The van der Waals surface area contributed by atoms with Crippen LogP contribution in [0.4, 0.5) is 0 Å². The second-order valence-corrected chi connectivity index (χ2v) is 5.94. The number of aryl methyl sites for hydroxylation is 1. The second kappa shape index (κ2) is 6.30. The van der Waals surface area contributed by atoms with Gasteiger partial charge in [-0.25, -0.2) is 0 Å². The molecule has 1 aromatic heterocycles. The van der Waals surface area contributed by atoms with Gasteiger partial charge < -0.3 is 5.32 Å². The van der Waals surface area contributed by atoms with Gasteiger partial charge in [0.1, 0.15) is 0 Å². The zero-order valence-corrected chi connectivity index (χ0v) is 11.7. The minimum atomic E-state index is -0.217. The lowest BCUT2D eigenvalue weighted by atomic mass is 10.1. The lowest BCUT2D eigenvalue weighted by molar-refractivity contribution is -0.121. The van der Waals surface area contributed by atoms with Crippen molar-refractivity contribution < 1.29 is 4.79 Å². The minimum Gasteiger partial charge on any atom is -0.350 e. The maximum absolute atomic E-state index is 11.7. The summed E-state index contributed by atoms with van der Waals surface area (Å²) in [4.78, 5) is 14.2. The van der Waals surface area contributed by atoms with E-state index in [1.54, 1.807) is 11.3 Å². The Balaban J connectivity index is 2.42. The molecular formula is C12H19NOS2. The van der Waals surface area contributed by atoms with Crippen LogP contribution in [0.2, 0.25) is 0 Å². The summed E-state index contributed by atoms with van der Waals surface area (Å²) in [5.41, 5.74) is 0. The van der Waals surface area contributed by atoms with Gasteiger partial charge in [-0.3, -0.25) is 4.79 Å². The van der Waals surface area contributed by atoms with Gasteiger partial charge in [-0.2, -0.15) is 12.6 Å². The Bertz CT molecular complexity index is 347. The van der Waals surface area contributed by atoms with Crippen molar-refractivity contribution >= 4 is 29.9 Å². The van der Waals surface area contributed by atoms with E-state index >= 15 is 0 Å². The highest BCUT2D eigenvalue weighted by Crippen LogP contribution is 2.17. The Morgan fingerprint density at radius 1 is 1.44 bits per heavy atom. The number of nitrogens with one attached hydrogen (secondary N) is 1. The fraction of sp³-hybridized carbons (Fsp3) is 0.583. The summed E-state index contributed by atoms with van der Waals surface area (Å²) in [7, 11) is 0. The first-order chi connectivity index (χ1) is 7.54. The molecule has 1 rings (SSSR count). The summed E-state index contributed by atoms with van der Waals surface area (Å²) in [6.07, 6.45) is 1.06. The molecule has 0 fully saturated rings. The van der Waals surface area contributed by atoms with Crippen LogP contribution in [0.3, 0.4) is 0 Å². The van der Waals surface area contributed by atoms with Crippen molar-refractivity contribution in [1.29, 1.82) is 0 Å². The van der Waals surface area contributed by atoms with Crippen molar-refractivity contribution in [2.75, 3.05) is 0 Å². The second-order valence-electron chi connectivity index (χ2n) is 4.13. The van der Waals surface area contributed by atoms with Crippen molar-refractivity contribution in [2.45, 2.75) is 39.0 Å². The molecule has 4 heteroatoms. The van der Waals surface area contributed by atoms with Crippen LogP contribution in [-0.2, 0) is 17.8 Å². The summed E-state index contributed by atoms with van der Waals surface area (Å²) in [6, 6.07) is 4.19.